The average Bonchev–Trinajstić information content (AvgIpc) is 1.97. The molecular weight excluding hydrogens is 132 g/mol. The van der Waals surface area contributed by atoms with Gasteiger partial charge in [-0.05, 0) is 25.8 Å². The molecule has 0 bridgehead atoms. The minimum Gasteiger partial charge on any atom is -0.0991 e. The molecule has 0 aromatic rings. The van der Waals surface area contributed by atoms with E-state index >= 15 is 0 Å². The van der Waals surface area contributed by atoms with Gasteiger partial charge in [0.1, 0.15) is 0 Å². The maximum absolute atomic E-state index is 3.71. The van der Waals surface area contributed by atoms with Crippen molar-refractivity contribution in [2.24, 2.45) is 0 Å². The molecule has 0 aliphatic heterocycles. The largest absolute Gasteiger partial charge is 0.0991 e. The molecule has 0 spiro atoms. The molecule has 0 aliphatic carbocycles. The Hall–Kier alpha value is -1.04. The molecule has 0 saturated heterocycles. The van der Waals surface area contributed by atoms with Crippen LogP contribution in [-0.2, 0) is 0 Å². The summed E-state index contributed by atoms with van der Waals surface area (Å²) in [6, 6.07) is 0. The molecule has 0 nitrogen and oxygen atoms in total. The lowest BCUT2D eigenvalue weighted by molar-refractivity contribution is 1.22. The number of hydrogen-bond donors (Lipinski definition) is 0. The van der Waals surface area contributed by atoms with Gasteiger partial charge in [-0.25, -0.2) is 0 Å². The van der Waals surface area contributed by atoms with Crippen LogP contribution in [0.3, 0.4) is 0 Å². The van der Waals surface area contributed by atoms with Gasteiger partial charge in [-0.1, -0.05) is 43.0 Å². The van der Waals surface area contributed by atoms with Gasteiger partial charge in [-0.3, -0.25) is 0 Å². The first-order chi connectivity index (χ1) is 5.20. The Balaban J connectivity index is 4.10. The molecule has 0 unspecified atom stereocenters. The van der Waals surface area contributed by atoms with E-state index in [1.54, 1.807) is 6.08 Å². The van der Waals surface area contributed by atoms with Crippen molar-refractivity contribution in [3.63, 3.8) is 0 Å². The van der Waals surface area contributed by atoms with E-state index in [1.807, 2.05) is 12.2 Å². The highest BCUT2D eigenvalue weighted by Gasteiger charge is 1.85. The molecule has 60 valence electrons. The Morgan fingerprint density at radius 3 is 2.27 bits per heavy atom. The number of hydrogen-bond acceptors (Lipinski definition) is 0. The van der Waals surface area contributed by atoms with Crippen molar-refractivity contribution in [3.8, 4) is 0 Å². The van der Waals surface area contributed by atoms with E-state index < -0.39 is 0 Å². The zero-order valence-electron chi connectivity index (χ0n) is 7.43. The quantitative estimate of drug-likeness (QED) is 0.422. The zero-order valence-corrected chi connectivity index (χ0v) is 7.43. The van der Waals surface area contributed by atoms with E-state index in [0.29, 0.717) is 0 Å². The summed E-state index contributed by atoms with van der Waals surface area (Å²) in [5, 5.41) is 0. The fraction of sp³-hybridized carbons (Fsp3) is 0.273. The zero-order chi connectivity index (χ0) is 8.69. The molecule has 0 heterocycles. The van der Waals surface area contributed by atoms with Crippen molar-refractivity contribution in [1.82, 2.24) is 0 Å². The van der Waals surface area contributed by atoms with Crippen LogP contribution in [0.4, 0.5) is 0 Å². The first-order valence-electron chi connectivity index (χ1n) is 3.78. The van der Waals surface area contributed by atoms with Crippen LogP contribution in [0.15, 0.2) is 48.6 Å². The molecule has 0 aromatic heterocycles. The molecule has 0 saturated carbocycles. The second-order valence-corrected chi connectivity index (χ2v) is 2.67. The van der Waals surface area contributed by atoms with E-state index in [0.717, 1.165) is 6.42 Å². The first-order valence-corrected chi connectivity index (χ1v) is 3.78. The third kappa shape index (κ3) is 5.41. The highest BCUT2D eigenvalue weighted by Crippen LogP contribution is 2.05. The predicted octanol–water partition coefficient (Wildman–Crippen LogP) is 3.64. The van der Waals surface area contributed by atoms with Crippen molar-refractivity contribution >= 4 is 0 Å². The predicted molar refractivity (Wildman–Crippen MR) is 52.5 cm³/mol. The fourth-order valence-corrected chi connectivity index (χ4v) is 0.693. The molecule has 0 heteroatoms. The Kier molecular flexibility index (Phi) is 5.18. The molecule has 11 heavy (non-hydrogen) atoms. The van der Waals surface area contributed by atoms with Gasteiger partial charge in [-0.15, -0.1) is 0 Å². The second-order valence-electron chi connectivity index (χ2n) is 2.67. The summed E-state index contributed by atoms with van der Waals surface area (Å²) in [7, 11) is 0. The van der Waals surface area contributed by atoms with Gasteiger partial charge in [0.2, 0.25) is 0 Å². The van der Waals surface area contributed by atoms with Gasteiger partial charge in [0.05, 0.1) is 0 Å². The molecule has 0 fully saturated rings. The highest BCUT2D eigenvalue weighted by molar-refractivity contribution is 5.24. The summed E-state index contributed by atoms with van der Waals surface area (Å²) >= 11 is 0. The van der Waals surface area contributed by atoms with Crippen LogP contribution in [0.5, 0.6) is 0 Å². The summed E-state index contributed by atoms with van der Waals surface area (Å²) in [6.45, 7) is 11.5. The third-order valence-electron chi connectivity index (χ3n) is 1.34. The van der Waals surface area contributed by atoms with Crippen LogP contribution in [0, 0.1) is 0 Å². The smallest absolute Gasteiger partial charge is 0.00952 e. The summed E-state index contributed by atoms with van der Waals surface area (Å²) in [6.07, 6.45) is 8.76. The third-order valence-corrected chi connectivity index (χ3v) is 1.34. The molecule has 0 rings (SSSR count). The minimum atomic E-state index is 0.956. The monoisotopic (exact) mass is 148 g/mol. The molecule has 0 aromatic carbocycles. The van der Waals surface area contributed by atoms with E-state index in [1.165, 1.54) is 11.1 Å². The highest BCUT2D eigenvalue weighted by atomic mass is 13.9. The van der Waals surface area contributed by atoms with Crippen molar-refractivity contribution in [2.75, 3.05) is 0 Å². The summed E-state index contributed by atoms with van der Waals surface area (Å²) < 4.78 is 0. The normalized spacial score (nSPS) is 10.5. The van der Waals surface area contributed by atoms with Crippen LogP contribution in [0.2, 0.25) is 0 Å². The maximum Gasteiger partial charge on any atom is -0.00952 e. The molecule has 0 radical (unpaired) electrons. The maximum atomic E-state index is 3.71. The topological polar surface area (TPSA) is 0 Å². The lowest BCUT2D eigenvalue weighted by atomic mass is 10.1. The Morgan fingerprint density at radius 2 is 1.91 bits per heavy atom. The van der Waals surface area contributed by atoms with Gasteiger partial charge in [0, 0.05) is 0 Å². The second kappa shape index (κ2) is 5.72. The average molecular weight is 148 g/mol. The van der Waals surface area contributed by atoms with Crippen LogP contribution in [0.1, 0.15) is 20.3 Å². The standard InChI is InChI=1S/C11H16/c1-5-7-11(6-2)9-8-10(3)4/h5-8H,1-2,9H2,3-4H3/b11-7+. The van der Waals surface area contributed by atoms with Crippen LogP contribution in [0.25, 0.3) is 0 Å². The van der Waals surface area contributed by atoms with Crippen LogP contribution in [-0.4, -0.2) is 0 Å². The van der Waals surface area contributed by atoms with Gasteiger partial charge in [-0.2, -0.15) is 0 Å². The van der Waals surface area contributed by atoms with Crippen LogP contribution < -0.4 is 0 Å². The summed E-state index contributed by atoms with van der Waals surface area (Å²) in [5.74, 6) is 0. The number of rotatable bonds is 4. The van der Waals surface area contributed by atoms with Crippen LogP contribution >= 0.6 is 0 Å². The first kappa shape index (κ1) is 9.96. The van der Waals surface area contributed by atoms with E-state index in [-0.39, 0.29) is 0 Å². The minimum absolute atomic E-state index is 0.956. The lowest BCUT2D eigenvalue weighted by Crippen LogP contribution is -1.74. The Bertz CT molecular complexity index is 188. The van der Waals surface area contributed by atoms with Crippen molar-refractivity contribution in [3.05, 3.63) is 48.6 Å². The van der Waals surface area contributed by atoms with Gasteiger partial charge >= 0.3 is 0 Å². The van der Waals surface area contributed by atoms with Crippen molar-refractivity contribution < 1.29 is 0 Å². The van der Waals surface area contributed by atoms with Gasteiger partial charge in [0.25, 0.3) is 0 Å². The fourth-order valence-electron chi connectivity index (χ4n) is 0.693. The molecule has 0 aliphatic rings. The lowest BCUT2D eigenvalue weighted by Gasteiger charge is -1.94. The van der Waals surface area contributed by atoms with E-state index in [2.05, 4.69) is 33.1 Å². The summed E-state index contributed by atoms with van der Waals surface area (Å²) in [5.41, 5.74) is 2.54. The summed E-state index contributed by atoms with van der Waals surface area (Å²) in [4.78, 5) is 0. The van der Waals surface area contributed by atoms with E-state index in [9.17, 15) is 0 Å². The molecule has 0 N–H and O–H groups in total. The van der Waals surface area contributed by atoms with Gasteiger partial charge < -0.3 is 0 Å². The van der Waals surface area contributed by atoms with Gasteiger partial charge in [0.15, 0.2) is 0 Å². The SMILES string of the molecule is C=C/C=C(\C=C)CC=C(C)C. The molecular formula is C11H16. The Labute approximate surface area is 69.6 Å². The molecule has 0 atom stereocenters. The van der Waals surface area contributed by atoms with E-state index in [4.69, 9.17) is 0 Å². The molecule has 0 amide bonds. The Morgan fingerprint density at radius 1 is 1.27 bits per heavy atom. The van der Waals surface area contributed by atoms with Crippen molar-refractivity contribution in [1.29, 1.82) is 0 Å². The van der Waals surface area contributed by atoms with Crippen molar-refractivity contribution in [2.45, 2.75) is 20.3 Å². The number of allylic oxidation sites excluding steroid dienone is 6.